The van der Waals surface area contributed by atoms with Gasteiger partial charge < -0.3 is 5.11 Å². The Kier molecular flexibility index (Phi) is 3.70. The third-order valence-corrected chi connectivity index (χ3v) is 2.33. The van der Waals surface area contributed by atoms with Crippen LogP contribution in [0.4, 0.5) is 4.39 Å². The van der Waals surface area contributed by atoms with Gasteiger partial charge in [-0.25, -0.2) is 4.39 Å². The van der Waals surface area contributed by atoms with E-state index in [0.29, 0.717) is 6.42 Å². The van der Waals surface area contributed by atoms with Crippen LogP contribution in [0.5, 0.6) is 0 Å². The molecule has 0 aliphatic heterocycles. The molecule has 0 aromatic heterocycles. The molecule has 0 fully saturated rings. The molecule has 0 spiro atoms. The van der Waals surface area contributed by atoms with Crippen molar-refractivity contribution in [2.24, 2.45) is 5.92 Å². The average Bonchev–Trinajstić information content (AvgIpc) is 2.13. The molecule has 0 saturated heterocycles. The second kappa shape index (κ2) is 4.58. The van der Waals surface area contributed by atoms with E-state index in [9.17, 15) is 4.39 Å². The lowest BCUT2D eigenvalue weighted by atomic mass is 10.0. The Balaban J connectivity index is 2.83. The van der Waals surface area contributed by atoms with E-state index in [4.69, 9.17) is 16.7 Å². The molecular formula is C10H12ClFO. The maximum atomic E-state index is 12.9. The summed E-state index contributed by atoms with van der Waals surface area (Å²) in [5.74, 6) is -0.288. The third-order valence-electron chi connectivity index (χ3n) is 1.91. The minimum Gasteiger partial charge on any atom is -0.396 e. The highest BCUT2D eigenvalue weighted by Crippen LogP contribution is 2.22. The van der Waals surface area contributed by atoms with Crippen LogP contribution in [0.15, 0.2) is 18.2 Å². The average molecular weight is 203 g/mol. The van der Waals surface area contributed by atoms with Crippen LogP contribution in [-0.2, 0) is 6.42 Å². The van der Waals surface area contributed by atoms with E-state index in [1.807, 2.05) is 6.92 Å². The number of halogens is 2. The fourth-order valence-electron chi connectivity index (χ4n) is 1.15. The molecule has 1 unspecified atom stereocenters. The highest BCUT2D eigenvalue weighted by molar-refractivity contribution is 6.31. The molecule has 0 heterocycles. The summed E-state index contributed by atoms with van der Waals surface area (Å²) >= 11 is 5.74. The molecule has 1 aromatic rings. The summed E-state index contributed by atoms with van der Waals surface area (Å²) in [5, 5.41) is 8.99. The van der Waals surface area contributed by atoms with E-state index in [2.05, 4.69) is 0 Å². The highest BCUT2D eigenvalue weighted by Gasteiger charge is 2.08. The molecule has 1 atom stereocenters. The van der Waals surface area contributed by atoms with Gasteiger partial charge in [-0.15, -0.1) is 0 Å². The Bertz CT molecular complexity index is 288. The molecule has 0 aliphatic rings. The van der Waals surface area contributed by atoms with Gasteiger partial charge in [0.25, 0.3) is 0 Å². The standard InChI is InChI=1S/C10H12ClFO/c1-7(6-13)5-8-3-2-4-9(12)10(8)11/h2-4,7,13H,5-6H2,1H3. The molecular weight excluding hydrogens is 191 g/mol. The van der Waals surface area contributed by atoms with Crippen molar-refractivity contribution in [3.8, 4) is 0 Å². The molecule has 0 radical (unpaired) electrons. The molecule has 1 aromatic carbocycles. The van der Waals surface area contributed by atoms with Gasteiger partial charge in [-0.05, 0) is 24.0 Å². The van der Waals surface area contributed by atoms with Crippen LogP contribution in [0, 0.1) is 11.7 Å². The lowest BCUT2D eigenvalue weighted by Gasteiger charge is -2.09. The van der Waals surface area contributed by atoms with Crippen molar-refractivity contribution < 1.29 is 9.50 Å². The van der Waals surface area contributed by atoms with Crippen molar-refractivity contribution in [3.05, 3.63) is 34.6 Å². The highest BCUT2D eigenvalue weighted by atomic mass is 35.5. The van der Waals surface area contributed by atoms with Crippen LogP contribution >= 0.6 is 11.6 Å². The van der Waals surface area contributed by atoms with Gasteiger partial charge in [0.1, 0.15) is 5.82 Å². The Hall–Kier alpha value is -0.600. The van der Waals surface area contributed by atoms with Crippen molar-refractivity contribution in [1.82, 2.24) is 0 Å². The van der Waals surface area contributed by atoms with E-state index in [1.165, 1.54) is 6.07 Å². The van der Waals surface area contributed by atoms with Gasteiger partial charge in [0, 0.05) is 6.61 Å². The normalized spacial score (nSPS) is 12.9. The Morgan fingerprint density at radius 2 is 2.23 bits per heavy atom. The summed E-state index contributed by atoms with van der Waals surface area (Å²) < 4.78 is 12.9. The minimum atomic E-state index is -0.399. The number of aliphatic hydroxyl groups excluding tert-OH is 1. The third kappa shape index (κ3) is 2.68. The molecule has 0 saturated carbocycles. The molecule has 13 heavy (non-hydrogen) atoms. The second-order valence-corrected chi connectivity index (χ2v) is 3.58. The van der Waals surface area contributed by atoms with Crippen LogP contribution in [0.1, 0.15) is 12.5 Å². The quantitative estimate of drug-likeness (QED) is 0.799. The van der Waals surface area contributed by atoms with Gasteiger partial charge in [-0.3, -0.25) is 0 Å². The van der Waals surface area contributed by atoms with Crippen LogP contribution in [0.2, 0.25) is 5.02 Å². The Morgan fingerprint density at radius 3 is 2.85 bits per heavy atom. The van der Waals surface area contributed by atoms with E-state index in [-0.39, 0.29) is 17.5 Å². The molecule has 0 aliphatic carbocycles. The molecule has 0 bridgehead atoms. The number of aliphatic hydroxyl groups is 1. The first-order chi connectivity index (χ1) is 6.15. The maximum absolute atomic E-state index is 12.9. The molecule has 72 valence electrons. The van der Waals surface area contributed by atoms with Crippen molar-refractivity contribution in [1.29, 1.82) is 0 Å². The Labute approximate surface area is 82.2 Å². The van der Waals surface area contributed by atoms with Crippen LogP contribution < -0.4 is 0 Å². The molecule has 1 N–H and O–H groups in total. The van der Waals surface area contributed by atoms with E-state index in [1.54, 1.807) is 12.1 Å². The van der Waals surface area contributed by atoms with E-state index >= 15 is 0 Å². The van der Waals surface area contributed by atoms with Crippen molar-refractivity contribution in [2.45, 2.75) is 13.3 Å². The lowest BCUT2D eigenvalue weighted by Crippen LogP contribution is -2.05. The Morgan fingerprint density at radius 1 is 1.54 bits per heavy atom. The second-order valence-electron chi connectivity index (χ2n) is 3.20. The first kappa shape index (κ1) is 10.5. The molecule has 0 amide bonds. The summed E-state index contributed by atoms with van der Waals surface area (Å²) in [4.78, 5) is 0. The minimum absolute atomic E-state index is 0.0901. The summed E-state index contributed by atoms with van der Waals surface area (Å²) in [5.41, 5.74) is 0.753. The summed E-state index contributed by atoms with van der Waals surface area (Å²) in [6.07, 6.45) is 0.604. The van der Waals surface area contributed by atoms with Crippen molar-refractivity contribution in [3.63, 3.8) is 0 Å². The van der Waals surface area contributed by atoms with Crippen LogP contribution in [0.25, 0.3) is 0 Å². The lowest BCUT2D eigenvalue weighted by molar-refractivity contribution is 0.237. The number of hydrogen-bond donors (Lipinski definition) is 1. The monoisotopic (exact) mass is 202 g/mol. The van der Waals surface area contributed by atoms with Crippen LogP contribution in [-0.4, -0.2) is 11.7 Å². The van der Waals surface area contributed by atoms with Crippen molar-refractivity contribution >= 4 is 11.6 Å². The van der Waals surface area contributed by atoms with Crippen molar-refractivity contribution in [2.75, 3.05) is 6.61 Å². The van der Waals surface area contributed by atoms with E-state index in [0.717, 1.165) is 5.56 Å². The zero-order valence-corrected chi connectivity index (χ0v) is 8.18. The van der Waals surface area contributed by atoms with Gasteiger partial charge in [0.2, 0.25) is 0 Å². The SMILES string of the molecule is CC(CO)Cc1cccc(F)c1Cl. The molecule has 3 heteroatoms. The number of rotatable bonds is 3. The van der Waals surface area contributed by atoms with Gasteiger partial charge in [-0.1, -0.05) is 30.7 Å². The van der Waals surface area contributed by atoms with E-state index < -0.39 is 5.82 Å². The smallest absolute Gasteiger partial charge is 0.142 e. The zero-order valence-electron chi connectivity index (χ0n) is 7.43. The fourth-order valence-corrected chi connectivity index (χ4v) is 1.35. The molecule has 1 nitrogen and oxygen atoms in total. The van der Waals surface area contributed by atoms with Gasteiger partial charge >= 0.3 is 0 Å². The van der Waals surface area contributed by atoms with Gasteiger partial charge in [0.05, 0.1) is 5.02 Å². The van der Waals surface area contributed by atoms with Gasteiger partial charge in [0.15, 0.2) is 0 Å². The summed E-state index contributed by atoms with van der Waals surface area (Å²) in [6, 6.07) is 4.73. The topological polar surface area (TPSA) is 20.2 Å². The van der Waals surface area contributed by atoms with Gasteiger partial charge in [-0.2, -0.15) is 0 Å². The largest absolute Gasteiger partial charge is 0.396 e. The maximum Gasteiger partial charge on any atom is 0.142 e. The predicted molar refractivity (Wildman–Crippen MR) is 51.4 cm³/mol. The zero-order chi connectivity index (χ0) is 9.84. The first-order valence-corrected chi connectivity index (χ1v) is 4.56. The number of hydrogen-bond acceptors (Lipinski definition) is 1. The predicted octanol–water partition coefficient (Wildman–Crippen LogP) is 2.65. The van der Waals surface area contributed by atoms with Crippen LogP contribution in [0.3, 0.4) is 0 Å². The summed E-state index contributed by atoms with van der Waals surface area (Å²) in [6.45, 7) is 1.98. The fraction of sp³-hybridized carbons (Fsp3) is 0.400. The molecule has 1 rings (SSSR count). The summed E-state index contributed by atoms with van der Waals surface area (Å²) in [7, 11) is 0. The number of benzene rings is 1. The first-order valence-electron chi connectivity index (χ1n) is 4.19.